The van der Waals surface area contributed by atoms with Crippen molar-refractivity contribution >= 4 is 28.4 Å². The van der Waals surface area contributed by atoms with Gasteiger partial charge in [0, 0.05) is 35.3 Å². The van der Waals surface area contributed by atoms with Gasteiger partial charge in [-0.3, -0.25) is 19.1 Å². The first kappa shape index (κ1) is 22.5. The van der Waals surface area contributed by atoms with E-state index in [2.05, 4.69) is 24.1 Å². The van der Waals surface area contributed by atoms with E-state index < -0.39 is 11.7 Å². The summed E-state index contributed by atoms with van der Waals surface area (Å²) in [7, 11) is 0. The molecular weight excluding hydrogens is 435 g/mol. The van der Waals surface area contributed by atoms with E-state index >= 15 is 4.39 Å². The largest absolute Gasteiger partial charge is 0.393 e. The molecule has 1 amide bonds. The molecule has 0 radical (unpaired) electrons. The van der Waals surface area contributed by atoms with Gasteiger partial charge in [0.1, 0.15) is 5.82 Å². The summed E-state index contributed by atoms with van der Waals surface area (Å²) in [6, 6.07) is 4.93. The Kier molecular flexibility index (Phi) is 5.43. The Balaban J connectivity index is 1.69. The lowest BCUT2D eigenvalue weighted by Crippen LogP contribution is -2.31. The monoisotopic (exact) mass is 464 g/mol. The Morgan fingerprint density at radius 1 is 1.24 bits per heavy atom. The molecule has 0 spiro atoms. The van der Waals surface area contributed by atoms with E-state index in [0.717, 1.165) is 16.6 Å². The van der Waals surface area contributed by atoms with Crippen molar-refractivity contribution in [3.63, 3.8) is 0 Å². The van der Waals surface area contributed by atoms with Crippen LogP contribution in [-0.4, -0.2) is 38.6 Å². The highest BCUT2D eigenvalue weighted by molar-refractivity contribution is 6.06. The zero-order valence-electron chi connectivity index (χ0n) is 19.4. The minimum absolute atomic E-state index is 0.000516. The number of aliphatic hydroxyl groups excluding tert-OH is 1. The molecule has 3 aromatic rings. The van der Waals surface area contributed by atoms with Crippen molar-refractivity contribution in [2.24, 2.45) is 11.1 Å². The number of carbonyl (C=O) groups excluding carboxylic acids is 2. The van der Waals surface area contributed by atoms with Crippen LogP contribution in [0, 0.1) is 11.2 Å². The predicted molar refractivity (Wildman–Crippen MR) is 128 cm³/mol. The van der Waals surface area contributed by atoms with Gasteiger partial charge in [0.25, 0.3) is 5.91 Å². The first-order valence-corrected chi connectivity index (χ1v) is 11.7. The molecule has 0 bridgehead atoms. The number of fused-ring (bicyclic) bond motifs is 3. The van der Waals surface area contributed by atoms with Crippen molar-refractivity contribution in [2.45, 2.75) is 64.5 Å². The smallest absolute Gasteiger partial charge is 0.253 e. The summed E-state index contributed by atoms with van der Waals surface area (Å²) in [6.45, 7) is 4.10. The van der Waals surface area contributed by atoms with Crippen molar-refractivity contribution in [3.05, 3.63) is 47.7 Å². The zero-order valence-corrected chi connectivity index (χ0v) is 19.4. The molecular formula is C26H29FN4O3. The Bertz CT molecular complexity index is 1310. The van der Waals surface area contributed by atoms with Gasteiger partial charge < -0.3 is 16.2 Å². The van der Waals surface area contributed by atoms with Crippen LogP contribution in [-0.2, 0) is 6.42 Å². The number of amides is 1. The van der Waals surface area contributed by atoms with Crippen LogP contribution < -0.4 is 11.1 Å². The quantitative estimate of drug-likeness (QED) is 0.534. The number of pyridine rings is 1. The van der Waals surface area contributed by atoms with E-state index in [4.69, 9.17) is 5.73 Å². The number of nitrogens with one attached hydrogen (secondary N) is 1. The SMILES string of the molecule is CC1(C)CC(=O)n2c(c(-c3cc(F)c(C(N)=O)c(NC4CCC(O)CC4)c3)c3ccncc32)C1. The molecule has 1 aliphatic heterocycles. The maximum absolute atomic E-state index is 15.4. The molecule has 5 rings (SSSR count). The Labute approximate surface area is 197 Å². The number of nitrogens with zero attached hydrogens (tertiary/aromatic N) is 2. The van der Waals surface area contributed by atoms with Gasteiger partial charge in [0.15, 0.2) is 0 Å². The molecule has 34 heavy (non-hydrogen) atoms. The van der Waals surface area contributed by atoms with Gasteiger partial charge >= 0.3 is 0 Å². The maximum atomic E-state index is 15.4. The van der Waals surface area contributed by atoms with Gasteiger partial charge in [-0.25, -0.2) is 4.39 Å². The molecule has 1 aliphatic carbocycles. The molecule has 3 heterocycles. The summed E-state index contributed by atoms with van der Waals surface area (Å²) in [4.78, 5) is 29.5. The summed E-state index contributed by atoms with van der Waals surface area (Å²) >= 11 is 0. The summed E-state index contributed by atoms with van der Waals surface area (Å²) in [6.07, 6.45) is 6.77. The lowest BCUT2D eigenvalue weighted by Gasteiger charge is -2.31. The highest BCUT2D eigenvalue weighted by Crippen LogP contribution is 2.43. The van der Waals surface area contributed by atoms with Crippen molar-refractivity contribution in [1.82, 2.24) is 9.55 Å². The number of aromatic nitrogens is 2. The molecule has 2 aromatic heterocycles. The van der Waals surface area contributed by atoms with E-state index in [1.807, 2.05) is 6.07 Å². The fraction of sp³-hybridized carbons (Fsp3) is 0.423. The Morgan fingerprint density at radius 2 is 1.97 bits per heavy atom. The van der Waals surface area contributed by atoms with Gasteiger partial charge in [0.05, 0.1) is 29.1 Å². The van der Waals surface area contributed by atoms with Gasteiger partial charge in [-0.05, 0) is 61.3 Å². The van der Waals surface area contributed by atoms with Gasteiger partial charge in [-0.2, -0.15) is 0 Å². The van der Waals surface area contributed by atoms with Crippen LogP contribution in [0.2, 0.25) is 0 Å². The summed E-state index contributed by atoms with van der Waals surface area (Å²) in [5.74, 6) is -1.55. The lowest BCUT2D eigenvalue weighted by molar-refractivity contribution is 0.0816. The molecule has 1 fully saturated rings. The maximum Gasteiger partial charge on any atom is 0.253 e. The van der Waals surface area contributed by atoms with Gasteiger partial charge in [-0.15, -0.1) is 0 Å². The van der Waals surface area contributed by atoms with Crippen LogP contribution in [0.25, 0.3) is 22.0 Å². The highest BCUT2D eigenvalue weighted by Gasteiger charge is 2.35. The number of primary amides is 1. The number of benzene rings is 1. The number of hydrogen-bond donors (Lipinski definition) is 3. The van der Waals surface area contributed by atoms with Gasteiger partial charge in [-0.1, -0.05) is 13.8 Å². The number of anilines is 1. The van der Waals surface area contributed by atoms with Crippen molar-refractivity contribution < 1.29 is 19.1 Å². The summed E-state index contributed by atoms with van der Waals surface area (Å²) in [5.41, 5.74) is 8.35. The van der Waals surface area contributed by atoms with Crippen molar-refractivity contribution in [2.75, 3.05) is 5.32 Å². The second-order valence-corrected chi connectivity index (χ2v) is 10.4. The molecule has 1 aromatic carbocycles. The van der Waals surface area contributed by atoms with Gasteiger partial charge in [0.2, 0.25) is 5.91 Å². The first-order chi connectivity index (χ1) is 16.1. The molecule has 2 aliphatic rings. The summed E-state index contributed by atoms with van der Waals surface area (Å²) in [5, 5.41) is 14.0. The molecule has 178 valence electrons. The fourth-order valence-electron chi connectivity index (χ4n) is 5.52. The fourth-order valence-corrected chi connectivity index (χ4v) is 5.52. The molecule has 0 saturated heterocycles. The number of hydrogen-bond acceptors (Lipinski definition) is 5. The Morgan fingerprint density at radius 3 is 2.68 bits per heavy atom. The van der Waals surface area contributed by atoms with Crippen molar-refractivity contribution in [3.8, 4) is 11.1 Å². The zero-order chi connectivity index (χ0) is 24.2. The molecule has 1 saturated carbocycles. The minimum Gasteiger partial charge on any atom is -0.393 e. The van der Waals surface area contributed by atoms with Crippen LogP contribution in [0.5, 0.6) is 0 Å². The van der Waals surface area contributed by atoms with Crippen LogP contribution in [0.1, 0.15) is 66.8 Å². The minimum atomic E-state index is -0.841. The third kappa shape index (κ3) is 3.86. The number of aliphatic hydroxyl groups is 1. The van der Waals surface area contributed by atoms with E-state index in [1.165, 1.54) is 6.07 Å². The highest BCUT2D eigenvalue weighted by atomic mass is 19.1. The van der Waals surface area contributed by atoms with Crippen LogP contribution in [0.15, 0.2) is 30.6 Å². The number of halogens is 1. The lowest BCUT2D eigenvalue weighted by atomic mass is 9.80. The van der Waals surface area contributed by atoms with Crippen LogP contribution >= 0.6 is 0 Å². The second kappa shape index (κ2) is 8.20. The third-order valence-electron chi connectivity index (χ3n) is 7.08. The average Bonchev–Trinajstić information content (AvgIpc) is 3.07. The molecule has 7 nitrogen and oxygen atoms in total. The number of nitrogens with two attached hydrogens (primary N) is 1. The van der Waals surface area contributed by atoms with Crippen LogP contribution in [0.3, 0.4) is 0 Å². The molecule has 4 N–H and O–H groups in total. The summed E-state index contributed by atoms with van der Waals surface area (Å²) < 4.78 is 17.1. The number of rotatable bonds is 4. The van der Waals surface area contributed by atoms with Crippen molar-refractivity contribution in [1.29, 1.82) is 0 Å². The standard InChI is InChI=1S/C26H29FN4O3/c1-26(2)11-20-23(17-7-8-29-13-21(17)31(20)22(33)12-26)14-9-18(27)24(25(28)34)19(10-14)30-15-3-5-16(32)6-4-15/h7-10,13,15-16,30,32H,3-6,11-12H2,1-2H3,(H2,28,34). The van der Waals surface area contributed by atoms with Crippen LogP contribution in [0.4, 0.5) is 10.1 Å². The first-order valence-electron chi connectivity index (χ1n) is 11.7. The molecule has 0 atom stereocenters. The van der Waals surface area contributed by atoms with E-state index in [0.29, 0.717) is 55.3 Å². The topological polar surface area (TPSA) is 110 Å². The van der Waals surface area contributed by atoms with E-state index in [9.17, 15) is 14.7 Å². The average molecular weight is 465 g/mol. The van der Waals surface area contributed by atoms with E-state index in [1.54, 1.807) is 23.0 Å². The molecule has 0 unspecified atom stereocenters. The normalized spacial score (nSPS) is 21.9. The predicted octanol–water partition coefficient (Wildman–Crippen LogP) is 4.27. The van der Waals surface area contributed by atoms with E-state index in [-0.39, 0.29) is 29.0 Å². The second-order valence-electron chi connectivity index (χ2n) is 10.4. The number of carbonyl (C=O) groups is 2. The molecule has 8 heteroatoms. The third-order valence-corrected chi connectivity index (χ3v) is 7.08. The Hall–Kier alpha value is -3.26.